The maximum Gasteiger partial charge on any atom is 0.251 e. The van der Waals surface area contributed by atoms with Crippen LogP contribution in [-0.2, 0) is 0 Å². The van der Waals surface area contributed by atoms with Crippen molar-refractivity contribution >= 4 is 5.91 Å². The SMILES string of the molecule is COc1ccc(OC)c(C(C)NC(=O)c2ccc(-c3nnc(-c4cccc(C)c4)o3)cc2)c1. The van der Waals surface area contributed by atoms with Gasteiger partial charge in [0.2, 0.25) is 11.8 Å². The number of aryl methyl sites for hydroxylation is 1. The summed E-state index contributed by atoms with van der Waals surface area (Å²) in [7, 11) is 3.20. The van der Waals surface area contributed by atoms with E-state index in [2.05, 4.69) is 15.5 Å². The molecule has 33 heavy (non-hydrogen) atoms. The predicted octanol–water partition coefficient (Wildman–Crippen LogP) is 5.22. The topological polar surface area (TPSA) is 86.5 Å². The summed E-state index contributed by atoms with van der Waals surface area (Å²) in [5.74, 6) is 2.02. The van der Waals surface area contributed by atoms with Crippen molar-refractivity contribution in [2.24, 2.45) is 0 Å². The Bertz CT molecular complexity index is 1260. The zero-order chi connectivity index (χ0) is 23.4. The summed E-state index contributed by atoms with van der Waals surface area (Å²) in [5, 5.41) is 11.3. The fourth-order valence-electron chi connectivity index (χ4n) is 3.53. The monoisotopic (exact) mass is 443 g/mol. The van der Waals surface area contributed by atoms with Gasteiger partial charge in [0.15, 0.2) is 0 Å². The van der Waals surface area contributed by atoms with E-state index in [0.717, 1.165) is 22.3 Å². The van der Waals surface area contributed by atoms with Crippen molar-refractivity contribution in [2.75, 3.05) is 14.2 Å². The van der Waals surface area contributed by atoms with Gasteiger partial charge in [0, 0.05) is 22.3 Å². The molecule has 7 heteroatoms. The molecule has 1 atom stereocenters. The summed E-state index contributed by atoms with van der Waals surface area (Å²) in [5.41, 5.74) is 4.07. The first-order valence-corrected chi connectivity index (χ1v) is 10.5. The Hall–Kier alpha value is -4.13. The third-order valence-electron chi connectivity index (χ3n) is 5.34. The highest BCUT2D eigenvalue weighted by Crippen LogP contribution is 2.30. The second-order valence-corrected chi connectivity index (χ2v) is 7.66. The minimum atomic E-state index is -0.282. The van der Waals surface area contributed by atoms with Gasteiger partial charge in [-0.1, -0.05) is 17.7 Å². The van der Waals surface area contributed by atoms with Gasteiger partial charge >= 0.3 is 0 Å². The molecule has 0 aliphatic rings. The molecule has 4 rings (SSSR count). The van der Waals surface area contributed by atoms with Crippen LogP contribution >= 0.6 is 0 Å². The number of hydrogen-bond donors (Lipinski definition) is 1. The van der Waals surface area contributed by atoms with Crippen LogP contribution in [0.1, 0.15) is 34.5 Å². The van der Waals surface area contributed by atoms with Gasteiger partial charge in [-0.15, -0.1) is 10.2 Å². The van der Waals surface area contributed by atoms with Crippen LogP contribution in [0.3, 0.4) is 0 Å². The maximum absolute atomic E-state index is 12.8. The van der Waals surface area contributed by atoms with Gasteiger partial charge in [-0.05, 0) is 68.4 Å². The lowest BCUT2D eigenvalue weighted by Crippen LogP contribution is -2.26. The molecule has 3 aromatic carbocycles. The van der Waals surface area contributed by atoms with Gasteiger partial charge in [-0.25, -0.2) is 0 Å². The van der Waals surface area contributed by atoms with Gasteiger partial charge in [0.05, 0.1) is 20.3 Å². The number of hydrogen-bond acceptors (Lipinski definition) is 6. The van der Waals surface area contributed by atoms with E-state index in [1.54, 1.807) is 38.5 Å². The number of rotatable bonds is 7. The van der Waals surface area contributed by atoms with Crippen molar-refractivity contribution in [1.82, 2.24) is 15.5 Å². The lowest BCUT2D eigenvalue weighted by Gasteiger charge is -2.18. The molecule has 7 nitrogen and oxygen atoms in total. The fraction of sp³-hybridized carbons (Fsp3) is 0.192. The summed E-state index contributed by atoms with van der Waals surface area (Å²) in [4.78, 5) is 12.8. The number of ether oxygens (including phenoxy) is 2. The number of benzene rings is 3. The van der Waals surface area contributed by atoms with Crippen molar-refractivity contribution in [3.8, 4) is 34.4 Å². The molecule has 1 heterocycles. The van der Waals surface area contributed by atoms with E-state index in [1.165, 1.54) is 0 Å². The lowest BCUT2D eigenvalue weighted by atomic mass is 10.1. The van der Waals surface area contributed by atoms with E-state index in [9.17, 15) is 4.79 Å². The highest BCUT2D eigenvalue weighted by Gasteiger charge is 2.17. The standard InChI is InChI=1S/C26H25N3O4/c1-16-6-5-7-20(14-16)26-29-28-25(33-26)19-10-8-18(9-11-19)24(30)27-17(2)22-15-21(31-3)12-13-23(22)32-4/h5-15,17H,1-4H3,(H,27,30). The Kier molecular flexibility index (Phi) is 6.40. The van der Waals surface area contributed by atoms with Crippen LogP contribution in [0.4, 0.5) is 0 Å². The van der Waals surface area contributed by atoms with E-state index in [4.69, 9.17) is 13.9 Å². The molecule has 0 aliphatic heterocycles. The van der Waals surface area contributed by atoms with E-state index >= 15 is 0 Å². The van der Waals surface area contributed by atoms with Crippen LogP contribution in [0.2, 0.25) is 0 Å². The van der Waals surface area contributed by atoms with Gasteiger partial charge in [0.1, 0.15) is 11.5 Å². The molecule has 0 saturated carbocycles. The molecule has 0 aliphatic carbocycles. The largest absolute Gasteiger partial charge is 0.497 e. The van der Waals surface area contributed by atoms with Crippen molar-refractivity contribution < 1.29 is 18.7 Å². The van der Waals surface area contributed by atoms with Crippen LogP contribution in [0.15, 0.2) is 71.1 Å². The Morgan fingerprint density at radius 3 is 2.30 bits per heavy atom. The van der Waals surface area contributed by atoms with Gasteiger partial charge in [-0.3, -0.25) is 4.79 Å². The van der Waals surface area contributed by atoms with Crippen LogP contribution in [0.25, 0.3) is 22.9 Å². The molecular weight excluding hydrogens is 418 g/mol. The first-order chi connectivity index (χ1) is 16.0. The molecule has 1 amide bonds. The minimum absolute atomic E-state index is 0.204. The Morgan fingerprint density at radius 2 is 1.64 bits per heavy atom. The smallest absolute Gasteiger partial charge is 0.251 e. The van der Waals surface area contributed by atoms with E-state index in [0.29, 0.717) is 28.8 Å². The van der Waals surface area contributed by atoms with E-state index < -0.39 is 0 Å². The van der Waals surface area contributed by atoms with Crippen LogP contribution in [0.5, 0.6) is 11.5 Å². The average Bonchev–Trinajstić information content (AvgIpc) is 3.34. The van der Waals surface area contributed by atoms with Gasteiger partial charge in [0.25, 0.3) is 5.91 Å². The number of amides is 1. The van der Waals surface area contributed by atoms with Crippen LogP contribution in [0, 0.1) is 6.92 Å². The maximum atomic E-state index is 12.8. The summed E-state index contributed by atoms with van der Waals surface area (Å²) >= 11 is 0. The summed E-state index contributed by atoms with van der Waals surface area (Å²) in [6.45, 7) is 3.91. The second-order valence-electron chi connectivity index (χ2n) is 7.66. The average molecular weight is 444 g/mol. The Balaban J connectivity index is 1.48. The summed E-state index contributed by atoms with van der Waals surface area (Å²) in [6.07, 6.45) is 0. The zero-order valence-corrected chi connectivity index (χ0v) is 19.0. The highest BCUT2D eigenvalue weighted by molar-refractivity contribution is 5.94. The zero-order valence-electron chi connectivity index (χ0n) is 19.0. The first-order valence-electron chi connectivity index (χ1n) is 10.5. The normalized spacial score (nSPS) is 11.6. The second kappa shape index (κ2) is 9.56. The number of nitrogens with zero attached hydrogens (tertiary/aromatic N) is 2. The molecule has 0 bridgehead atoms. The highest BCUT2D eigenvalue weighted by atomic mass is 16.5. The van der Waals surface area contributed by atoms with Crippen molar-refractivity contribution in [3.63, 3.8) is 0 Å². The lowest BCUT2D eigenvalue weighted by molar-refractivity contribution is 0.0939. The molecule has 1 unspecified atom stereocenters. The Morgan fingerprint density at radius 1 is 0.909 bits per heavy atom. The molecule has 0 fully saturated rings. The molecule has 4 aromatic rings. The molecule has 0 saturated heterocycles. The molecule has 168 valence electrons. The summed E-state index contributed by atoms with van der Waals surface area (Å²) in [6, 6.07) is 20.1. The number of carbonyl (C=O) groups is 1. The molecule has 0 radical (unpaired) electrons. The molecule has 1 N–H and O–H groups in total. The van der Waals surface area contributed by atoms with Gasteiger partial charge in [-0.2, -0.15) is 0 Å². The van der Waals surface area contributed by atoms with Crippen molar-refractivity contribution in [1.29, 1.82) is 0 Å². The molecule has 0 spiro atoms. The molecular formula is C26H25N3O4. The quantitative estimate of drug-likeness (QED) is 0.421. The number of nitrogens with one attached hydrogen (secondary N) is 1. The third-order valence-corrected chi connectivity index (χ3v) is 5.34. The Labute approximate surface area is 192 Å². The number of methoxy groups -OCH3 is 2. The van der Waals surface area contributed by atoms with Crippen LogP contribution in [-0.4, -0.2) is 30.3 Å². The molecule has 1 aromatic heterocycles. The van der Waals surface area contributed by atoms with Crippen LogP contribution < -0.4 is 14.8 Å². The number of aromatic nitrogens is 2. The van der Waals surface area contributed by atoms with E-state index in [-0.39, 0.29) is 11.9 Å². The number of carbonyl (C=O) groups excluding carboxylic acids is 1. The first kappa shape index (κ1) is 22.1. The van der Waals surface area contributed by atoms with Crippen molar-refractivity contribution in [2.45, 2.75) is 19.9 Å². The van der Waals surface area contributed by atoms with Crippen molar-refractivity contribution in [3.05, 3.63) is 83.4 Å². The third kappa shape index (κ3) is 4.87. The van der Waals surface area contributed by atoms with Gasteiger partial charge < -0.3 is 19.2 Å². The predicted molar refractivity (Wildman–Crippen MR) is 125 cm³/mol. The van der Waals surface area contributed by atoms with E-state index in [1.807, 2.05) is 56.3 Å². The summed E-state index contributed by atoms with van der Waals surface area (Å²) < 4.78 is 16.6. The minimum Gasteiger partial charge on any atom is -0.497 e. The fourth-order valence-corrected chi connectivity index (χ4v) is 3.53.